The number of thioether (sulfide) groups is 1. The molecule has 2 nitrogen and oxygen atoms in total. The molecular weight excluding hydrogens is 315 g/mol. The summed E-state index contributed by atoms with van der Waals surface area (Å²) in [6.45, 7) is 1.09. The van der Waals surface area contributed by atoms with E-state index in [9.17, 15) is 4.39 Å². The third-order valence-electron chi connectivity index (χ3n) is 3.41. The molecule has 2 unspecified atom stereocenters. The van der Waals surface area contributed by atoms with Crippen LogP contribution in [0.2, 0.25) is 0 Å². The Balaban J connectivity index is 2.03. The van der Waals surface area contributed by atoms with Crippen molar-refractivity contribution in [1.82, 2.24) is 4.90 Å². The van der Waals surface area contributed by atoms with E-state index in [-0.39, 0.29) is 11.9 Å². The Labute approximate surface area is 120 Å². The second-order valence-electron chi connectivity index (χ2n) is 4.73. The fourth-order valence-electron chi connectivity index (χ4n) is 2.23. The molecule has 1 aromatic rings. The molecule has 2 N–H and O–H groups in total. The minimum atomic E-state index is -0.218. The van der Waals surface area contributed by atoms with E-state index in [4.69, 9.17) is 5.73 Å². The van der Waals surface area contributed by atoms with Gasteiger partial charge in [0.25, 0.3) is 0 Å². The lowest BCUT2D eigenvalue weighted by atomic mass is 10.00. The van der Waals surface area contributed by atoms with Crippen molar-refractivity contribution in [2.24, 2.45) is 5.73 Å². The predicted molar refractivity (Wildman–Crippen MR) is 79.5 cm³/mol. The summed E-state index contributed by atoms with van der Waals surface area (Å²) < 4.78 is 13.8. The quantitative estimate of drug-likeness (QED) is 0.922. The summed E-state index contributed by atoms with van der Waals surface area (Å²) >= 11 is 5.36. The summed E-state index contributed by atoms with van der Waals surface area (Å²) in [5.74, 6) is 2.04. The fraction of sp³-hybridized carbons (Fsp3) is 0.538. The smallest absolute Gasteiger partial charge is 0.124 e. The van der Waals surface area contributed by atoms with Gasteiger partial charge in [0.2, 0.25) is 0 Å². The lowest BCUT2D eigenvalue weighted by Crippen LogP contribution is -2.51. The first-order chi connectivity index (χ1) is 8.58. The Bertz CT molecular complexity index is 416. The maximum Gasteiger partial charge on any atom is 0.124 e. The Hall–Kier alpha value is -0.100. The van der Waals surface area contributed by atoms with Crippen LogP contribution in [0.3, 0.4) is 0 Å². The van der Waals surface area contributed by atoms with Crippen molar-refractivity contribution < 1.29 is 4.39 Å². The molecule has 100 valence electrons. The van der Waals surface area contributed by atoms with E-state index in [0.29, 0.717) is 6.04 Å². The van der Waals surface area contributed by atoms with E-state index in [1.165, 1.54) is 17.9 Å². The number of rotatable bonds is 3. The van der Waals surface area contributed by atoms with Crippen molar-refractivity contribution >= 4 is 27.7 Å². The van der Waals surface area contributed by atoms with Gasteiger partial charge in [-0.25, -0.2) is 4.39 Å². The standard InChI is InChI=1S/C13H18BrFN2S/c1-17-4-5-18-8-13(17)12(16)6-9-2-3-10(15)7-11(9)14/h2-3,7,12-13H,4-6,8,16H2,1H3. The van der Waals surface area contributed by atoms with Crippen LogP contribution < -0.4 is 5.73 Å². The molecule has 0 amide bonds. The topological polar surface area (TPSA) is 29.3 Å². The van der Waals surface area contributed by atoms with E-state index in [1.54, 1.807) is 0 Å². The molecule has 18 heavy (non-hydrogen) atoms. The largest absolute Gasteiger partial charge is 0.326 e. The molecule has 0 aromatic heterocycles. The SMILES string of the molecule is CN1CCSCC1C(N)Cc1ccc(F)cc1Br. The Morgan fingerprint density at radius 1 is 1.61 bits per heavy atom. The van der Waals surface area contributed by atoms with Gasteiger partial charge < -0.3 is 10.6 Å². The number of likely N-dealkylation sites (N-methyl/N-ethyl adjacent to an activating group) is 1. The first kappa shape index (κ1) is 14.3. The first-order valence-corrected chi connectivity index (χ1v) is 8.00. The molecule has 1 heterocycles. The Kier molecular flexibility index (Phi) is 5.06. The molecule has 0 aliphatic carbocycles. The molecule has 1 aliphatic heterocycles. The molecule has 1 saturated heterocycles. The van der Waals surface area contributed by atoms with Crippen LogP contribution in [0.4, 0.5) is 4.39 Å². The Morgan fingerprint density at radius 2 is 2.39 bits per heavy atom. The zero-order valence-corrected chi connectivity index (χ0v) is 12.8. The van der Waals surface area contributed by atoms with Gasteiger partial charge in [-0.05, 0) is 31.2 Å². The van der Waals surface area contributed by atoms with Crippen LogP contribution >= 0.6 is 27.7 Å². The number of benzene rings is 1. The molecule has 0 spiro atoms. The highest BCUT2D eigenvalue weighted by molar-refractivity contribution is 9.10. The van der Waals surface area contributed by atoms with Gasteiger partial charge >= 0.3 is 0 Å². The van der Waals surface area contributed by atoms with Crippen LogP contribution in [0.1, 0.15) is 5.56 Å². The summed E-state index contributed by atoms with van der Waals surface area (Å²) in [5.41, 5.74) is 7.38. The summed E-state index contributed by atoms with van der Waals surface area (Å²) in [5, 5.41) is 0. The second-order valence-corrected chi connectivity index (χ2v) is 6.73. The van der Waals surface area contributed by atoms with Gasteiger partial charge in [-0.1, -0.05) is 22.0 Å². The number of halogens is 2. The molecule has 5 heteroatoms. The molecule has 0 bridgehead atoms. The van der Waals surface area contributed by atoms with Gasteiger partial charge in [0, 0.05) is 34.6 Å². The molecule has 0 saturated carbocycles. The first-order valence-electron chi connectivity index (χ1n) is 6.05. The van der Waals surface area contributed by atoms with Gasteiger partial charge in [-0.15, -0.1) is 0 Å². The summed E-state index contributed by atoms with van der Waals surface area (Å²) in [7, 11) is 2.13. The van der Waals surface area contributed by atoms with Crippen molar-refractivity contribution in [3.05, 3.63) is 34.1 Å². The highest BCUT2D eigenvalue weighted by Gasteiger charge is 2.25. The highest BCUT2D eigenvalue weighted by Crippen LogP contribution is 2.23. The molecule has 2 atom stereocenters. The summed E-state index contributed by atoms with van der Waals surface area (Å²) in [6.07, 6.45) is 0.774. The van der Waals surface area contributed by atoms with Crippen LogP contribution in [0, 0.1) is 5.82 Å². The van der Waals surface area contributed by atoms with E-state index >= 15 is 0 Å². The maximum absolute atomic E-state index is 13.0. The maximum atomic E-state index is 13.0. The number of hydrogen-bond acceptors (Lipinski definition) is 3. The van der Waals surface area contributed by atoms with Gasteiger partial charge in [0.15, 0.2) is 0 Å². The average molecular weight is 333 g/mol. The molecule has 0 radical (unpaired) electrons. The molecule has 1 aliphatic rings. The van der Waals surface area contributed by atoms with Crippen LogP contribution in [0.25, 0.3) is 0 Å². The number of hydrogen-bond donors (Lipinski definition) is 1. The predicted octanol–water partition coefficient (Wildman–Crippen LogP) is 2.51. The zero-order chi connectivity index (χ0) is 13.1. The van der Waals surface area contributed by atoms with Crippen LogP contribution in [-0.2, 0) is 6.42 Å². The normalized spacial score (nSPS) is 23.0. The lowest BCUT2D eigenvalue weighted by Gasteiger charge is -2.36. The van der Waals surface area contributed by atoms with Crippen molar-refractivity contribution in [1.29, 1.82) is 0 Å². The monoisotopic (exact) mass is 332 g/mol. The second kappa shape index (κ2) is 6.37. The lowest BCUT2D eigenvalue weighted by molar-refractivity contribution is 0.235. The van der Waals surface area contributed by atoms with Crippen LogP contribution in [0.15, 0.2) is 22.7 Å². The van der Waals surface area contributed by atoms with Gasteiger partial charge in [0.05, 0.1) is 0 Å². The van der Waals surface area contributed by atoms with E-state index in [2.05, 4.69) is 27.9 Å². The third kappa shape index (κ3) is 3.47. The van der Waals surface area contributed by atoms with Crippen molar-refractivity contribution in [3.63, 3.8) is 0 Å². The van der Waals surface area contributed by atoms with E-state index in [0.717, 1.165) is 28.8 Å². The van der Waals surface area contributed by atoms with Crippen molar-refractivity contribution in [2.45, 2.75) is 18.5 Å². The minimum Gasteiger partial charge on any atom is -0.326 e. The highest BCUT2D eigenvalue weighted by atomic mass is 79.9. The molecule has 1 fully saturated rings. The number of nitrogens with zero attached hydrogens (tertiary/aromatic N) is 1. The molecular formula is C13H18BrFN2S. The van der Waals surface area contributed by atoms with E-state index < -0.39 is 0 Å². The van der Waals surface area contributed by atoms with Gasteiger partial charge in [-0.2, -0.15) is 11.8 Å². The average Bonchev–Trinajstić information content (AvgIpc) is 2.33. The third-order valence-corrected chi connectivity index (χ3v) is 5.19. The minimum absolute atomic E-state index is 0.0876. The van der Waals surface area contributed by atoms with Gasteiger partial charge in [-0.3, -0.25) is 0 Å². The Morgan fingerprint density at radius 3 is 3.06 bits per heavy atom. The fourth-order valence-corrected chi connectivity index (χ4v) is 4.07. The molecule has 1 aromatic carbocycles. The van der Waals surface area contributed by atoms with Crippen LogP contribution in [0.5, 0.6) is 0 Å². The summed E-state index contributed by atoms with van der Waals surface area (Å²) in [4.78, 5) is 2.33. The number of nitrogens with two attached hydrogens (primary N) is 1. The van der Waals surface area contributed by atoms with Crippen molar-refractivity contribution in [2.75, 3.05) is 25.1 Å². The van der Waals surface area contributed by atoms with E-state index in [1.807, 2.05) is 17.8 Å². The summed E-state index contributed by atoms with van der Waals surface area (Å²) in [6, 6.07) is 5.30. The van der Waals surface area contributed by atoms with Crippen molar-refractivity contribution in [3.8, 4) is 0 Å². The van der Waals surface area contributed by atoms with Gasteiger partial charge in [0.1, 0.15) is 5.82 Å². The zero-order valence-electron chi connectivity index (χ0n) is 10.4. The van der Waals surface area contributed by atoms with Crippen LogP contribution in [-0.4, -0.2) is 42.1 Å². The molecule has 2 rings (SSSR count).